The van der Waals surface area contributed by atoms with E-state index < -0.39 is 0 Å². The Morgan fingerprint density at radius 1 is 1.33 bits per heavy atom. The van der Waals surface area contributed by atoms with E-state index >= 15 is 0 Å². The molecule has 0 saturated carbocycles. The van der Waals surface area contributed by atoms with Crippen LogP contribution in [0.25, 0.3) is 11.0 Å². The number of nitrogens with one attached hydrogen (secondary N) is 1. The van der Waals surface area contributed by atoms with E-state index in [0.717, 1.165) is 31.0 Å². The molecule has 1 aliphatic heterocycles. The van der Waals surface area contributed by atoms with E-state index in [4.69, 9.17) is 4.42 Å². The number of furan rings is 1. The summed E-state index contributed by atoms with van der Waals surface area (Å²) in [5, 5.41) is 4.82. The topological polar surface area (TPSA) is 28.4 Å². The van der Waals surface area contributed by atoms with Crippen molar-refractivity contribution in [1.82, 2.24) is 10.2 Å². The fourth-order valence-corrected chi connectivity index (χ4v) is 3.44. The molecule has 0 aliphatic carbocycles. The smallest absolute Gasteiger partial charge is 0.134 e. The maximum atomic E-state index is 5.92. The van der Waals surface area contributed by atoms with Crippen LogP contribution < -0.4 is 5.32 Å². The summed E-state index contributed by atoms with van der Waals surface area (Å²) in [5.41, 5.74) is 2.38. The number of benzene rings is 1. The first kappa shape index (κ1) is 14.6. The lowest BCUT2D eigenvalue weighted by Gasteiger charge is -2.34. The van der Waals surface area contributed by atoms with Crippen molar-refractivity contribution in [2.24, 2.45) is 0 Å². The summed E-state index contributed by atoms with van der Waals surface area (Å²) in [7, 11) is 0. The van der Waals surface area contributed by atoms with Crippen molar-refractivity contribution >= 4 is 11.0 Å². The minimum atomic E-state index is 0.659. The summed E-state index contributed by atoms with van der Waals surface area (Å²) in [6, 6.07) is 9.06. The average Bonchev–Trinajstić information content (AvgIpc) is 2.84. The highest BCUT2D eigenvalue weighted by Gasteiger charge is 2.22. The average molecular weight is 286 g/mol. The van der Waals surface area contributed by atoms with E-state index in [1.165, 1.54) is 36.8 Å². The minimum Gasteiger partial charge on any atom is -0.461 e. The summed E-state index contributed by atoms with van der Waals surface area (Å²) in [6.45, 7) is 8.81. The van der Waals surface area contributed by atoms with E-state index in [-0.39, 0.29) is 0 Å². The van der Waals surface area contributed by atoms with Crippen LogP contribution in [0.2, 0.25) is 0 Å². The van der Waals surface area contributed by atoms with Gasteiger partial charge < -0.3 is 9.73 Å². The monoisotopic (exact) mass is 286 g/mol. The molecule has 21 heavy (non-hydrogen) atoms. The quantitative estimate of drug-likeness (QED) is 0.908. The second-order valence-corrected chi connectivity index (χ2v) is 6.10. The van der Waals surface area contributed by atoms with Gasteiger partial charge in [-0.15, -0.1) is 0 Å². The van der Waals surface area contributed by atoms with Gasteiger partial charge in [0.1, 0.15) is 11.3 Å². The molecule has 1 fully saturated rings. The third-order valence-corrected chi connectivity index (χ3v) is 4.56. The van der Waals surface area contributed by atoms with Gasteiger partial charge in [0.2, 0.25) is 0 Å². The molecular weight excluding hydrogens is 260 g/mol. The van der Waals surface area contributed by atoms with Gasteiger partial charge in [0.25, 0.3) is 0 Å². The third-order valence-electron chi connectivity index (χ3n) is 4.56. The van der Waals surface area contributed by atoms with Gasteiger partial charge in [-0.25, -0.2) is 0 Å². The molecule has 3 heteroatoms. The molecule has 3 rings (SSSR count). The number of rotatable bonds is 5. The Hall–Kier alpha value is -1.32. The van der Waals surface area contributed by atoms with E-state index in [0.29, 0.717) is 6.04 Å². The van der Waals surface area contributed by atoms with Gasteiger partial charge in [-0.3, -0.25) is 4.90 Å². The summed E-state index contributed by atoms with van der Waals surface area (Å²) >= 11 is 0. The zero-order chi connectivity index (χ0) is 14.7. The van der Waals surface area contributed by atoms with Crippen LogP contribution in [0.4, 0.5) is 0 Å². The molecule has 2 aromatic rings. The second-order valence-electron chi connectivity index (χ2n) is 6.10. The SMILES string of the molecule is CCCN(Cc1c(C)oc2ccccc12)C1CCCNC1. The first-order valence-corrected chi connectivity index (χ1v) is 8.21. The maximum absolute atomic E-state index is 5.92. The van der Waals surface area contributed by atoms with Gasteiger partial charge in [-0.05, 0) is 45.3 Å². The minimum absolute atomic E-state index is 0.659. The number of hydrogen-bond acceptors (Lipinski definition) is 3. The van der Waals surface area contributed by atoms with Crippen molar-refractivity contribution in [3.8, 4) is 0 Å². The molecule has 114 valence electrons. The normalized spacial score (nSPS) is 19.5. The fourth-order valence-electron chi connectivity index (χ4n) is 3.44. The molecule has 0 radical (unpaired) electrons. The van der Waals surface area contributed by atoms with E-state index in [2.05, 4.69) is 42.3 Å². The molecule has 0 spiro atoms. The van der Waals surface area contributed by atoms with Crippen LogP contribution in [0.15, 0.2) is 28.7 Å². The van der Waals surface area contributed by atoms with Crippen LogP contribution in [-0.2, 0) is 6.54 Å². The van der Waals surface area contributed by atoms with Gasteiger partial charge in [-0.2, -0.15) is 0 Å². The van der Waals surface area contributed by atoms with Crippen LogP contribution in [0, 0.1) is 6.92 Å². The Balaban J connectivity index is 1.85. The first-order valence-electron chi connectivity index (χ1n) is 8.21. The molecule has 3 nitrogen and oxygen atoms in total. The Morgan fingerprint density at radius 2 is 2.19 bits per heavy atom. The van der Waals surface area contributed by atoms with E-state index in [1.54, 1.807) is 0 Å². The first-order chi connectivity index (χ1) is 10.3. The van der Waals surface area contributed by atoms with Crippen LogP contribution in [-0.4, -0.2) is 30.6 Å². The lowest BCUT2D eigenvalue weighted by Crippen LogP contribution is -2.45. The Kier molecular flexibility index (Phi) is 4.61. The molecule has 1 N–H and O–H groups in total. The number of aryl methyl sites for hydroxylation is 1. The molecule has 1 aromatic carbocycles. The second kappa shape index (κ2) is 6.63. The standard InChI is InChI=1S/C18H26N2O/c1-3-11-20(15-7-6-10-19-12-15)13-17-14(2)21-18-9-5-4-8-16(17)18/h4-5,8-9,15,19H,3,6-7,10-13H2,1-2H3. The predicted octanol–water partition coefficient (Wildman–Crippen LogP) is 3.71. The van der Waals surface area contributed by atoms with Gasteiger partial charge in [0.15, 0.2) is 0 Å². The number of hydrogen-bond donors (Lipinski definition) is 1. The summed E-state index contributed by atoms with van der Waals surface area (Å²) in [5.74, 6) is 1.07. The highest BCUT2D eigenvalue weighted by Crippen LogP contribution is 2.27. The Morgan fingerprint density at radius 3 is 2.95 bits per heavy atom. The zero-order valence-electron chi connectivity index (χ0n) is 13.2. The van der Waals surface area contributed by atoms with E-state index in [9.17, 15) is 0 Å². The number of nitrogens with zero attached hydrogens (tertiary/aromatic N) is 1. The van der Waals surface area contributed by atoms with Crippen LogP contribution >= 0.6 is 0 Å². The Labute approximate surface area is 127 Å². The lowest BCUT2D eigenvalue weighted by atomic mass is 10.0. The highest BCUT2D eigenvalue weighted by atomic mass is 16.3. The highest BCUT2D eigenvalue weighted by molar-refractivity contribution is 5.82. The number of fused-ring (bicyclic) bond motifs is 1. The summed E-state index contributed by atoms with van der Waals surface area (Å²) in [4.78, 5) is 2.64. The lowest BCUT2D eigenvalue weighted by molar-refractivity contribution is 0.157. The predicted molar refractivity (Wildman–Crippen MR) is 87.5 cm³/mol. The number of para-hydroxylation sites is 1. The van der Waals surface area contributed by atoms with Gasteiger partial charge in [0.05, 0.1) is 0 Å². The van der Waals surface area contributed by atoms with Crippen LogP contribution in [0.5, 0.6) is 0 Å². The molecule has 0 amide bonds. The third kappa shape index (κ3) is 3.14. The van der Waals surface area contributed by atoms with Crippen molar-refractivity contribution in [1.29, 1.82) is 0 Å². The van der Waals surface area contributed by atoms with Crippen molar-refractivity contribution < 1.29 is 4.42 Å². The zero-order valence-corrected chi connectivity index (χ0v) is 13.2. The van der Waals surface area contributed by atoms with Crippen molar-refractivity contribution in [3.05, 3.63) is 35.6 Å². The van der Waals surface area contributed by atoms with Crippen molar-refractivity contribution in [3.63, 3.8) is 0 Å². The van der Waals surface area contributed by atoms with Gasteiger partial charge in [-0.1, -0.05) is 25.1 Å². The fraction of sp³-hybridized carbons (Fsp3) is 0.556. The van der Waals surface area contributed by atoms with Crippen molar-refractivity contribution in [2.75, 3.05) is 19.6 Å². The molecule has 1 atom stereocenters. The molecule has 2 heterocycles. The molecule has 1 aliphatic rings. The van der Waals surface area contributed by atoms with E-state index in [1.807, 2.05) is 6.07 Å². The Bertz CT molecular complexity index is 584. The largest absolute Gasteiger partial charge is 0.461 e. The molecular formula is C18H26N2O. The van der Waals surface area contributed by atoms with Crippen LogP contribution in [0.1, 0.15) is 37.5 Å². The van der Waals surface area contributed by atoms with Crippen molar-refractivity contribution in [2.45, 2.75) is 45.7 Å². The van der Waals surface area contributed by atoms with Crippen LogP contribution in [0.3, 0.4) is 0 Å². The number of piperidine rings is 1. The molecule has 0 bridgehead atoms. The molecule has 1 saturated heterocycles. The van der Waals surface area contributed by atoms with Gasteiger partial charge >= 0.3 is 0 Å². The molecule has 1 unspecified atom stereocenters. The summed E-state index contributed by atoms with van der Waals surface area (Å²) < 4.78 is 5.92. The van der Waals surface area contributed by atoms with Gasteiger partial charge in [0, 0.05) is 30.1 Å². The maximum Gasteiger partial charge on any atom is 0.134 e. The summed E-state index contributed by atoms with van der Waals surface area (Å²) in [6.07, 6.45) is 3.79. The molecule has 1 aromatic heterocycles.